The monoisotopic (exact) mass is 281 g/mol. The molecular formula is C14H23N3O3. The number of aliphatic hydroxyl groups is 1. The lowest BCUT2D eigenvalue weighted by Crippen LogP contribution is -2.29. The van der Waals surface area contributed by atoms with E-state index in [0.29, 0.717) is 44.1 Å². The van der Waals surface area contributed by atoms with Gasteiger partial charge in [0, 0.05) is 30.9 Å². The second kappa shape index (κ2) is 9.30. The van der Waals surface area contributed by atoms with E-state index in [1.54, 1.807) is 18.2 Å². The number of amides is 1. The van der Waals surface area contributed by atoms with Crippen LogP contribution >= 0.6 is 0 Å². The topological polar surface area (TPSA) is 96.6 Å². The summed E-state index contributed by atoms with van der Waals surface area (Å²) < 4.78 is 5.34. The average molecular weight is 281 g/mol. The van der Waals surface area contributed by atoms with Crippen molar-refractivity contribution in [3.05, 3.63) is 29.3 Å². The summed E-state index contributed by atoms with van der Waals surface area (Å²) in [5.41, 5.74) is 7.78. The molecule has 0 atom stereocenters. The van der Waals surface area contributed by atoms with Crippen LogP contribution < -0.4 is 16.4 Å². The SMILES string of the molecule is Cc1cc(N)ccc1C(=O)NCCOCCNCCO. The van der Waals surface area contributed by atoms with E-state index in [4.69, 9.17) is 15.6 Å². The quantitative estimate of drug-likeness (QED) is 0.374. The fourth-order valence-electron chi connectivity index (χ4n) is 1.72. The molecule has 6 heteroatoms. The highest BCUT2D eigenvalue weighted by Gasteiger charge is 2.07. The van der Waals surface area contributed by atoms with Gasteiger partial charge in [-0.3, -0.25) is 4.79 Å². The molecule has 0 aliphatic heterocycles. The predicted molar refractivity (Wildman–Crippen MR) is 78.7 cm³/mol. The zero-order valence-corrected chi connectivity index (χ0v) is 11.8. The summed E-state index contributed by atoms with van der Waals surface area (Å²) in [4.78, 5) is 11.9. The maximum atomic E-state index is 11.9. The van der Waals surface area contributed by atoms with Crippen LogP contribution in [0.25, 0.3) is 0 Å². The second-order valence-corrected chi connectivity index (χ2v) is 4.42. The van der Waals surface area contributed by atoms with Gasteiger partial charge in [0.1, 0.15) is 0 Å². The number of carbonyl (C=O) groups is 1. The largest absolute Gasteiger partial charge is 0.399 e. The Kier molecular flexibility index (Phi) is 7.64. The van der Waals surface area contributed by atoms with Crippen LogP contribution in [0.3, 0.4) is 0 Å². The number of nitrogens with two attached hydrogens (primary N) is 1. The van der Waals surface area contributed by atoms with Crippen molar-refractivity contribution in [1.82, 2.24) is 10.6 Å². The lowest BCUT2D eigenvalue weighted by molar-refractivity contribution is 0.0915. The number of carbonyl (C=O) groups excluding carboxylic acids is 1. The highest BCUT2D eigenvalue weighted by molar-refractivity contribution is 5.95. The third kappa shape index (κ3) is 6.01. The van der Waals surface area contributed by atoms with Gasteiger partial charge in [-0.25, -0.2) is 0 Å². The first-order chi connectivity index (χ1) is 9.65. The molecule has 0 aromatic heterocycles. The van der Waals surface area contributed by atoms with Gasteiger partial charge in [0.15, 0.2) is 0 Å². The molecule has 0 saturated heterocycles. The van der Waals surface area contributed by atoms with E-state index in [9.17, 15) is 4.79 Å². The van der Waals surface area contributed by atoms with Gasteiger partial charge in [0.05, 0.1) is 19.8 Å². The summed E-state index contributed by atoms with van der Waals surface area (Å²) in [5.74, 6) is -0.121. The number of nitrogens with one attached hydrogen (secondary N) is 2. The summed E-state index contributed by atoms with van der Waals surface area (Å²) >= 11 is 0. The van der Waals surface area contributed by atoms with Crippen LogP contribution in [0.1, 0.15) is 15.9 Å². The smallest absolute Gasteiger partial charge is 0.251 e. The zero-order valence-electron chi connectivity index (χ0n) is 11.8. The molecule has 6 nitrogen and oxygen atoms in total. The van der Waals surface area contributed by atoms with Crippen molar-refractivity contribution in [3.8, 4) is 0 Å². The predicted octanol–water partition coefficient (Wildman–Crippen LogP) is -0.0945. The van der Waals surface area contributed by atoms with Gasteiger partial charge in [-0.15, -0.1) is 0 Å². The average Bonchev–Trinajstić information content (AvgIpc) is 2.41. The van der Waals surface area contributed by atoms with Crippen molar-refractivity contribution in [2.45, 2.75) is 6.92 Å². The number of hydrogen-bond acceptors (Lipinski definition) is 5. The molecule has 1 amide bonds. The van der Waals surface area contributed by atoms with Gasteiger partial charge in [-0.1, -0.05) is 0 Å². The third-order valence-corrected chi connectivity index (χ3v) is 2.74. The summed E-state index contributed by atoms with van der Waals surface area (Å²) in [7, 11) is 0. The van der Waals surface area contributed by atoms with Gasteiger partial charge in [-0.2, -0.15) is 0 Å². The molecule has 1 aromatic rings. The fraction of sp³-hybridized carbons (Fsp3) is 0.500. The zero-order chi connectivity index (χ0) is 14.8. The second-order valence-electron chi connectivity index (χ2n) is 4.42. The first-order valence-corrected chi connectivity index (χ1v) is 6.69. The van der Waals surface area contributed by atoms with Gasteiger partial charge >= 0.3 is 0 Å². The van der Waals surface area contributed by atoms with Gasteiger partial charge < -0.3 is 26.2 Å². The summed E-state index contributed by atoms with van der Waals surface area (Å²) in [6, 6.07) is 5.21. The van der Waals surface area contributed by atoms with Crippen molar-refractivity contribution in [2.24, 2.45) is 0 Å². The number of aliphatic hydroxyl groups excluding tert-OH is 1. The Morgan fingerprint density at radius 3 is 2.75 bits per heavy atom. The number of aryl methyl sites for hydroxylation is 1. The van der Waals surface area contributed by atoms with Crippen molar-refractivity contribution < 1.29 is 14.6 Å². The Bertz CT molecular complexity index is 424. The minimum Gasteiger partial charge on any atom is -0.399 e. The number of nitrogen functional groups attached to an aromatic ring is 1. The first-order valence-electron chi connectivity index (χ1n) is 6.69. The maximum absolute atomic E-state index is 11.9. The highest BCUT2D eigenvalue weighted by Crippen LogP contribution is 2.11. The molecule has 20 heavy (non-hydrogen) atoms. The maximum Gasteiger partial charge on any atom is 0.251 e. The standard InChI is InChI=1S/C14H23N3O3/c1-11-10-12(15)2-3-13(11)14(19)17-6-9-20-8-5-16-4-7-18/h2-3,10,16,18H,4-9,15H2,1H3,(H,17,19). The number of anilines is 1. The van der Waals surface area contributed by atoms with Crippen LogP contribution in [-0.4, -0.2) is 50.5 Å². The Morgan fingerprint density at radius 2 is 2.05 bits per heavy atom. The number of ether oxygens (including phenoxy) is 1. The van der Waals surface area contributed by atoms with Crippen LogP contribution in [0.2, 0.25) is 0 Å². The molecule has 0 radical (unpaired) electrons. The van der Waals surface area contributed by atoms with Crippen molar-refractivity contribution in [1.29, 1.82) is 0 Å². The molecule has 1 rings (SSSR count). The van der Waals surface area contributed by atoms with Crippen molar-refractivity contribution in [3.63, 3.8) is 0 Å². The first kappa shape index (κ1) is 16.4. The molecular weight excluding hydrogens is 258 g/mol. The molecule has 0 heterocycles. The molecule has 0 aliphatic rings. The van der Waals surface area contributed by atoms with Crippen LogP contribution in [0.4, 0.5) is 5.69 Å². The normalized spacial score (nSPS) is 10.5. The molecule has 0 saturated carbocycles. The summed E-state index contributed by atoms with van der Waals surface area (Å²) in [5, 5.41) is 14.4. The molecule has 5 N–H and O–H groups in total. The molecule has 0 unspecified atom stereocenters. The minimum atomic E-state index is -0.121. The van der Waals surface area contributed by atoms with Crippen LogP contribution in [0.15, 0.2) is 18.2 Å². The molecule has 0 bridgehead atoms. The fourth-order valence-corrected chi connectivity index (χ4v) is 1.72. The summed E-state index contributed by atoms with van der Waals surface area (Å²) in [6.07, 6.45) is 0. The van der Waals surface area contributed by atoms with Crippen LogP contribution in [0, 0.1) is 6.92 Å². The van der Waals surface area contributed by atoms with Gasteiger partial charge in [-0.05, 0) is 30.7 Å². The van der Waals surface area contributed by atoms with E-state index in [-0.39, 0.29) is 12.5 Å². The number of benzene rings is 1. The molecule has 112 valence electrons. The van der Waals surface area contributed by atoms with Crippen molar-refractivity contribution >= 4 is 11.6 Å². The molecule has 0 spiro atoms. The molecule has 0 aliphatic carbocycles. The Hall–Kier alpha value is -1.63. The highest BCUT2D eigenvalue weighted by atomic mass is 16.5. The third-order valence-electron chi connectivity index (χ3n) is 2.74. The molecule has 0 fully saturated rings. The Morgan fingerprint density at radius 1 is 1.30 bits per heavy atom. The number of rotatable bonds is 9. The van der Waals surface area contributed by atoms with E-state index in [1.165, 1.54) is 0 Å². The Labute approximate surface area is 119 Å². The van der Waals surface area contributed by atoms with E-state index >= 15 is 0 Å². The molecule has 1 aromatic carbocycles. The Balaban J connectivity index is 2.17. The van der Waals surface area contributed by atoms with E-state index in [1.807, 2.05) is 6.92 Å². The summed E-state index contributed by atoms with van der Waals surface area (Å²) in [6.45, 7) is 4.70. The minimum absolute atomic E-state index is 0.121. The lowest BCUT2D eigenvalue weighted by Gasteiger charge is -2.09. The van der Waals surface area contributed by atoms with Gasteiger partial charge in [0.25, 0.3) is 5.91 Å². The number of hydrogen-bond donors (Lipinski definition) is 4. The van der Waals surface area contributed by atoms with Crippen LogP contribution in [0.5, 0.6) is 0 Å². The van der Waals surface area contributed by atoms with E-state index in [0.717, 1.165) is 5.56 Å². The van der Waals surface area contributed by atoms with E-state index in [2.05, 4.69) is 10.6 Å². The van der Waals surface area contributed by atoms with Gasteiger partial charge in [0.2, 0.25) is 0 Å². The van der Waals surface area contributed by atoms with E-state index < -0.39 is 0 Å². The van der Waals surface area contributed by atoms with Crippen LogP contribution in [-0.2, 0) is 4.74 Å². The lowest BCUT2D eigenvalue weighted by atomic mass is 10.1. The van der Waals surface area contributed by atoms with Crippen molar-refractivity contribution in [2.75, 3.05) is 45.2 Å².